The minimum atomic E-state index is -3.90. The van der Waals surface area contributed by atoms with Gasteiger partial charge in [0, 0.05) is 36.1 Å². The lowest BCUT2D eigenvalue weighted by Crippen LogP contribution is -2.65. The maximum absolute atomic E-state index is 13.9. The predicted molar refractivity (Wildman–Crippen MR) is 123 cm³/mol. The molecular weight excluding hydrogens is 494 g/mol. The molecule has 1 aliphatic heterocycles. The number of nitrogens with zero attached hydrogens (tertiary/aromatic N) is 2. The number of benzene rings is 2. The fourth-order valence-corrected chi connectivity index (χ4v) is 5.78. The van der Waals surface area contributed by atoms with Crippen LogP contribution in [0.15, 0.2) is 41.3 Å². The molecule has 8 nitrogen and oxygen atoms in total. The molecule has 0 radical (unpaired) electrons. The van der Waals surface area contributed by atoms with Crippen LogP contribution in [-0.2, 0) is 14.8 Å². The van der Waals surface area contributed by atoms with E-state index >= 15 is 0 Å². The van der Waals surface area contributed by atoms with Crippen LogP contribution in [0.5, 0.6) is 5.75 Å². The quantitative estimate of drug-likeness (QED) is 0.501. The van der Waals surface area contributed by atoms with Crippen molar-refractivity contribution in [1.29, 1.82) is 0 Å². The Morgan fingerprint density at radius 3 is 2.61 bits per heavy atom. The van der Waals surface area contributed by atoms with Crippen LogP contribution in [-0.4, -0.2) is 58.5 Å². The monoisotopic (exact) mass is 514 g/mol. The zero-order valence-corrected chi connectivity index (χ0v) is 19.9. The summed E-state index contributed by atoms with van der Waals surface area (Å²) < 4.78 is 47.0. The number of carbonyl (C=O) groups is 1. The van der Waals surface area contributed by atoms with Crippen molar-refractivity contribution in [2.75, 3.05) is 39.8 Å². The maximum atomic E-state index is 13.9. The summed E-state index contributed by atoms with van der Waals surface area (Å²) in [6.07, 6.45) is 0. The van der Waals surface area contributed by atoms with Crippen molar-refractivity contribution in [2.45, 2.75) is 4.90 Å². The van der Waals surface area contributed by atoms with Crippen LogP contribution < -0.4 is 15.4 Å². The van der Waals surface area contributed by atoms with E-state index < -0.39 is 21.3 Å². The molecule has 1 amide bonds. The Morgan fingerprint density at radius 1 is 1.27 bits per heavy atom. The third kappa shape index (κ3) is 5.75. The Labute approximate surface area is 201 Å². The molecule has 0 saturated carbocycles. The van der Waals surface area contributed by atoms with Gasteiger partial charge in [-0.25, -0.2) is 17.7 Å². The van der Waals surface area contributed by atoms with Gasteiger partial charge in [0.15, 0.2) is 0 Å². The average molecular weight is 515 g/mol. The van der Waals surface area contributed by atoms with Gasteiger partial charge in [-0.05, 0) is 37.4 Å². The fraction of sp³-hybridized carbons (Fsp3) is 0.333. The molecule has 1 aliphatic rings. The summed E-state index contributed by atoms with van der Waals surface area (Å²) in [6.45, 7) is 7.29. The van der Waals surface area contributed by atoms with E-state index in [4.69, 9.17) is 34.5 Å². The van der Waals surface area contributed by atoms with Gasteiger partial charge < -0.3 is 15.4 Å². The number of likely N-dealkylation sites (N-methyl/N-ethyl adjacent to an activating group) is 1. The molecule has 1 heterocycles. The van der Waals surface area contributed by atoms with Crippen molar-refractivity contribution in [3.63, 3.8) is 0 Å². The fourth-order valence-electron chi connectivity index (χ4n) is 3.36. The summed E-state index contributed by atoms with van der Waals surface area (Å²) in [6, 6.07) is 8.00. The average Bonchev–Trinajstić information content (AvgIpc) is 2.72. The number of amides is 1. The van der Waals surface area contributed by atoms with Crippen LogP contribution in [0.4, 0.5) is 10.1 Å². The Balaban J connectivity index is 1.76. The van der Waals surface area contributed by atoms with E-state index in [-0.39, 0.29) is 60.0 Å². The molecule has 33 heavy (non-hydrogen) atoms. The zero-order chi connectivity index (χ0) is 24.2. The van der Waals surface area contributed by atoms with Crippen molar-refractivity contribution in [3.8, 4) is 5.75 Å². The molecule has 176 valence electrons. The second kappa shape index (κ2) is 10.2. The second-order valence-corrected chi connectivity index (χ2v) is 10.4. The number of sulfonamides is 1. The molecule has 3 rings (SSSR count). The summed E-state index contributed by atoms with van der Waals surface area (Å²) in [4.78, 5) is 14.9. The summed E-state index contributed by atoms with van der Waals surface area (Å²) in [5, 5.41) is 5.82. The largest absolute Gasteiger partial charge is 0.493 e. The molecule has 2 N–H and O–H groups in total. The van der Waals surface area contributed by atoms with E-state index in [2.05, 4.69) is 15.5 Å². The van der Waals surface area contributed by atoms with E-state index in [1.54, 1.807) is 7.05 Å². The van der Waals surface area contributed by atoms with Gasteiger partial charge >= 0.3 is 0 Å². The van der Waals surface area contributed by atoms with Crippen molar-refractivity contribution in [3.05, 3.63) is 63.7 Å². The number of ether oxygens (including phenoxy) is 1. The highest BCUT2D eigenvalue weighted by Gasteiger charge is 2.49. The van der Waals surface area contributed by atoms with Gasteiger partial charge in [-0.2, -0.15) is 4.31 Å². The zero-order valence-electron chi connectivity index (χ0n) is 17.6. The summed E-state index contributed by atoms with van der Waals surface area (Å²) >= 11 is 12.0. The third-order valence-corrected chi connectivity index (χ3v) is 7.63. The first-order chi connectivity index (χ1) is 15.6. The number of nitrogens with one attached hydrogen (secondary N) is 2. The minimum Gasteiger partial charge on any atom is -0.493 e. The number of halogens is 3. The van der Waals surface area contributed by atoms with Crippen molar-refractivity contribution >= 4 is 44.8 Å². The highest BCUT2D eigenvalue weighted by molar-refractivity contribution is 7.89. The number of hydrogen-bond donors (Lipinski definition) is 2. The van der Waals surface area contributed by atoms with Gasteiger partial charge in [0.05, 0.1) is 24.7 Å². The number of hydrogen-bond acceptors (Lipinski definition) is 5. The minimum absolute atomic E-state index is 0.00828. The molecular formula is C21H21Cl2FN4O4S. The molecule has 0 bridgehead atoms. The molecule has 2 aromatic carbocycles. The van der Waals surface area contributed by atoms with E-state index in [9.17, 15) is 17.6 Å². The van der Waals surface area contributed by atoms with E-state index in [0.29, 0.717) is 5.02 Å². The van der Waals surface area contributed by atoms with Crippen LogP contribution in [0.3, 0.4) is 0 Å². The van der Waals surface area contributed by atoms with Crippen LogP contribution in [0.2, 0.25) is 10.0 Å². The highest BCUT2D eigenvalue weighted by atomic mass is 35.5. The number of carbonyl (C=O) groups excluding carboxylic acids is 1. The molecule has 0 atom stereocenters. The predicted octanol–water partition coefficient (Wildman–Crippen LogP) is 3.09. The van der Waals surface area contributed by atoms with Gasteiger partial charge in [0.2, 0.25) is 21.6 Å². The van der Waals surface area contributed by atoms with E-state index in [1.165, 1.54) is 34.6 Å². The van der Waals surface area contributed by atoms with Crippen molar-refractivity contribution < 1.29 is 22.3 Å². The molecule has 0 unspecified atom stereocenters. The van der Waals surface area contributed by atoms with E-state index in [0.717, 1.165) is 6.07 Å². The van der Waals surface area contributed by atoms with Gasteiger partial charge in [0.1, 0.15) is 16.5 Å². The van der Waals surface area contributed by atoms with Crippen LogP contribution in [0.25, 0.3) is 4.85 Å². The standard InChI is InChI=1S/C21H21Cl2FN4O4S/c1-25-9-20(29)27-10-21(13-32-15-4-5-18(26-2)17(24)8-15)11-28(12-21)33(30,31)19-6-3-14(22)7-16(19)23/h3-8,25H,9-13H2,1H3,(H,27,29). The van der Waals surface area contributed by atoms with Gasteiger partial charge in [0.25, 0.3) is 0 Å². The number of rotatable bonds is 9. The first-order valence-corrected chi connectivity index (χ1v) is 12.0. The summed E-state index contributed by atoms with van der Waals surface area (Å²) in [7, 11) is -2.27. The van der Waals surface area contributed by atoms with Crippen LogP contribution >= 0.6 is 23.2 Å². The molecule has 1 saturated heterocycles. The topological polar surface area (TPSA) is 92.1 Å². The molecule has 2 aromatic rings. The first kappa shape index (κ1) is 25.2. The lowest BCUT2D eigenvalue weighted by atomic mass is 9.82. The SMILES string of the molecule is [C-]#[N+]c1ccc(OCC2(CNC(=O)CNC)CN(S(=O)(=O)c3ccc(Cl)cc3Cl)C2)cc1F. The van der Waals surface area contributed by atoms with Crippen molar-refractivity contribution in [2.24, 2.45) is 5.41 Å². The first-order valence-electron chi connectivity index (χ1n) is 9.76. The second-order valence-electron chi connectivity index (χ2n) is 7.67. The Morgan fingerprint density at radius 2 is 2.00 bits per heavy atom. The summed E-state index contributed by atoms with van der Waals surface area (Å²) in [5.41, 5.74) is -0.873. The van der Waals surface area contributed by atoms with Crippen molar-refractivity contribution in [1.82, 2.24) is 14.9 Å². The van der Waals surface area contributed by atoms with Gasteiger partial charge in [-0.1, -0.05) is 23.2 Å². The smallest absolute Gasteiger partial charge is 0.244 e. The Kier molecular flexibility index (Phi) is 7.82. The summed E-state index contributed by atoms with van der Waals surface area (Å²) in [5.74, 6) is -0.775. The lowest BCUT2D eigenvalue weighted by molar-refractivity contribution is -0.121. The molecule has 1 fully saturated rings. The maximum Gasteiger partial charge on any atom is 0.244 e. The normalized spacial score (nSPS) is 15.4. The molecule has 0 aromatic heterocycles. The Hall–Kier alpha value is -2.42. The molecule has 0 spiro atoms. The van der Waals surface area contributed by atoms with Crippen LogP contribution in [0.1, 0.15) is 0 Å². The molecule has 0 aliphatic carbocycles. The van der Waals surface area contributed by atoms with Crippen LogP contribution in [0, 0.1) is 17.8 Å². The highest BCUT2D eigenvalue weighted by Crippen LogP contribution is 2.38. The van der Waals surface area contributed by atoms with E-state index in [1.807, 2.05) is 0 Å². The lowest BCUT2D eigenvalue weighted by Gasteiger charge is -2.48. The Bertz CT molecular complexity index is 1200. The third-order valence-electron chi connectivity index (χ3n) is 5.12. The van der Waals surface area contributed by atoms with Gasteiger partial charge in [-0.3, -0.25) is 4.79 Å². The molecule has 12 heteroatoms. The van der Waals surface area contributed by atoms with Gasteiger partial charge in [-0.15, -0.1) is 0 Å².